The number of hydrogen-bond acceptors (Lipinski definition) is 7. The zero-order chi connectivity index (χ0) is 24.2. The van der Waals surface area contributed by atoms with Gasteiger partial charge in [0.2, 0.25) is 5.95 Å². The first-order valence-electron chi connectivity index (χ1n) is 11.7. The Hall–Kier alpha value is -4.98. The van der Waals surface area contributed by atoms with E-state index in [0.717, 1.165) is 28.0 Å². The summed E-state index contributed by atoms with van der Waals surface area (Å²) < 4.78 is 7.78. The highest BCUT2D eigenvalue weighted by atomic mass is 16.5. The molecule has 0 atom stereocenters. The van der Waals surface area contributed by atoms with Crippen LogP contribution in [-0.4, -0.2) is 37.7 Å². The third kappa shape index (κ3) is 4.52. The summed E-state index contributed by atoms with van der Waals surface area (Å²) in [5.74, 6) is 1.93. The fourth-order valence-corrected chi connectivity index (χ4v) is 3.99. The lowest BCUT2D eigenvalue weighted by Crippen LogP contribution is -2.13. The van der Waals surface area contributed by atoms with Crippen molar-refractivity contribution in [3.8, 4) is 11.4 Å². The number of hydrogen-bond donors (Lipinski definition) is 2. The maximum absolute atomic E-state index is 5.83. The van der Waals surface area contributed by atoms with Crippen molar-refractivity contribution in [3.05, 3.63) is 104 Å². The van der Waals surface area contributed by atoms with Gasteiger partial charge in [0.25, 0.3) is 0 Å². The minimum Gasteiger partial charge on any atom is -0.492 e. The van der Waals surface area contributed by atoms with Crippen molar-refractivity contribution in [2.45, 2.75) is 0 Å². The minimum atomic E-state index is 0.467. The van der Waals surface area contributed by atoms with Crippen LogP contribution in [0.3, 0.4) is 0 Å². The monoisotopic (exact) mass is 473 g/mol. The van der Waals surface area contributed by atoms with Crippen LogP contribution in [0.25, 0.3) is 27.8 Å². The van der Waals surface area contributed by atoms with Crippen LogP contribution >= 0.6 is 0 Å². The van der Waals surface area contributed by atoms with Crippen molar-refractivity contribution in [2.24, 2.45) is 0 Å². The summed E-state index contributed by atoms with van der Waals surface area (Å²) in [5.41, 5.74) is 4.17. The fourth-order valence-electron chi connectivity index (χ4n) is 3.99. The number of ether oxygens (including phenoxy) is 1. The number of pyridine rings is 1. The number of aromatic nitrogens is 5. The average molecular weight is 474 g/mol. The molecule has 0 bridgehead atoms. The second kappa shape index (κ2) is 9.71. The molecule has 36 heavy (non-hydrogen) atoms. The van der Waals surface area contributed by atoms with Gasteiger partial charge in [0.05, 0.1) is 12.1 Å². The van der Waals surface area contributed by atoms with Gasteiger partial charge in [-0.3, -0.25) is 9.55 Å². The van der Waals surface area contributed by atoms with Crippen molar-refractivity contribution >= 4 is 39.5 Å². The van der Waals surface area contributed by atoms with E-state index in [1.807, 2.05) is 95.6 Å². The van der Waals surface area contributed by atoms with Gasteiger partial charge in [0.15, 0.2) is 17.0 Å². The molecule has 3 aromatic carbocycles. The fraction of sp³-hybridized carbons (Fsp3) is 0.0714. The Morgan fingerprint density at radius 1 is 0.806 bits per heavy atom. The molecule has 2 N–H and O–H groups in total. The summed E-state index contributed by atoms with van der Waals surface area (Å²) in [6, 6.07) is 29.7. The molecule has 0 spiro atoms. The molecule has 0 saturated carbocycles. The van der Waals surface area contributed by atoms with E-state index in [1.54, 1.807) is 12.5 Å². The minimum absolute atomic E-state index is 0.467. The van der Waals surface area contributed by atoms with Crippen LogP contribution in [0.4, 0.5) is 17.5 Å². The van der Waals surface area contributed by atoms with E-state index in [9.17, 15) is 0 Å². The molecule has 3 heterocycles. The third-order valence-corrected chi connectivity index (χ3v) is 5.70. The van der Waals surface area contributed by atoms with Crippen LogP contribution in [0.15, 0.2) is 104 Å². The van der Waals surface area contributed by atoms with Crippen molar-refractivity contribution in [1.29, 1.82) is 0 Å². The van der Waals surface area contributed by atoms with Crippen LogP contribution in [0.5, 0.6) is 5.75 Å². The smallest absolute Gasteiger partial charge is 0.231 e. The number of para-hydroxylation sites is 2. The molecule has 3 aromatic heterocycles. The molecule has 0 aliphatic rings. The molecule has 6 rings (SSSR count). The first-order valence-corrected chi connectivity index (χ1v) is 11.7. The number of rotatable bonds is 8. The molecule has 176 valence electrons. The molecule has 0 radical (unpaired) electrons. The third-order valence-electron chi connectivity index (χ3n) is 5.70. The van der Waals surface area contributed by atoms with E-state index in [0.29, 0.717) is 36.1 Å². The molecule has 0 aliphatic heterocycles. The number of imidazole rings is 1. The van der Waals surface area contributed by atoms with Crippen molar-refractivity contribution < 1.29 is 4.74 Å². The number of fused-ring (bicyclic) bond motifs is 2. The van der Waals surface area contributed by atoms with Crippen LogP contribution in [0.1, 0.15) is 0 Å². The lowest BCUT2D eigenvalue weighted by Gasteiger charge is -2.12. The second-order valence-electron chi connectivity index (χ2n) is 8.14. The summed E-state index contributed by atoms with van der Waals surface area (Å²) >= 11 is 0. The molecular weight excluding hydrogens is 450 g/mol. The molecule has 0 aliphatic carbocycles. The molecule has 0 unspecified atom stereocenters. The Labute approximate surface area is 207 Å². The normalized spacial score (nSPS) is 11.0. The standard InChI is InChI=1S/C28H23N7O/c1-3-9-22(10-4-1)35-19-31-25-26(30-16-17-36-23-11-5-2-6-12-23)33-28(34-27(25)35)32-21-13-14-24-20(18-21)8-7-15-29-24/h1-15,18-19H,16-17H2,(H2,30,32,33,34). The quantitative estimate of drug-likeness (QED) is 0.278. The lowest BCUT2D eigenvalue weighted by atomic mass is 10.2. The van der Waals surface area contributed by atoms with Crippen molar-refractivity contribution in [1.82, 2.24) is 24.5 Å². The van der Waals surface area contributed by atoms with Gasteiger partial charge in [0, 0.05) is 23.0 Å². The number of anilines is 3. The predicted molar refractivity (Wildman–Crippen MR) is 142 cm³/mol. The highest BCUT2D eigenvalue weighted by molar-refractivity contribution is 5.87. The van der Waals surface area contributed by atoms with Crippen LogP contribution in [0, 0.1) is 0 Å². The summed E-state index contributed by atoms with van der Waals surface area (Å²) in [6.45, 7) is 1.04. The second-order valence-corrected chi connectivity index (χ2v) is 8.14. The van der Waals surface area contributed by atoms with E-state index in [1.165, 1.54) is 0 Å². The molecule has 0 saturated heterocycles. The highest BCUT2D eigenvalue weighted by Crippen LogP contribution is 2.26. The average Bonchev–Trinajstić information content (AvgIpc) is 3.36. The molecule has 8 nitrogen and oxygen atoms in total. The van der Waals surface area contributed by atoms with Crippen LogP contribution < -0.4 is 15.4 Å². The Kier molecular flexibility index (Phi) is 5.81. The first-order chi connectivity index (χ1) is 17.8. The van der Waals surface area contributed by atoms with Gasteiger partial charge in [-0.25, -0.2) is 4.98 Å². The van der Waals surface area contributed by atoms with Gasteiger partial charge in [-0.15, -0.1) is 0 Å². The summed E-state index contributed by atoms with van der Waals surface area (Å²) in [7, 11) is 0. The zero-order valence-electron chi connectivity index (χ0n) is 19.4. The highest BCUT2D eigenvalue weighted by Gasteiger charge is 2.15. The largest absolute Gasteiger partial charge is 0.492 e. The van der Waals surface area contributed by atoms with Gasteiger partial charge in [-0.1, -0.05) is 42.5 Å². The molecular formula is C28H23N7O. The predicted octanol–water partition coefficient (Wildman–Crippen LogP) is 5.60. The Morgan fingerprint density at radius 2 is 1.64 bits per heavy atom. The van der Waals surface area contributed by atoms with E-state index >= 15 is 0 Å². The zero-order valence-corrected chi connectivity index (χ0v) is 19.4. The van der Waals surface area contributed by atoms with Crippen molar-refractivity contribution in [2.75, 3.05) is 23.8 Å². The van der Waals surface area contributed by atoms with Gasteiger partial charge in [-0.05, 0) is 48.5 Å². The van der Waals surface area contributed by atoms with E-state index in [-0.39, 0.29) is 0 Å². The molecule has 8 heteroatoms. The lowest BCUT2D eigenvalue weighted by molar-refractivity contribution is 0.333. The maximum atomic E-state index is 5.83. The van der Waals surface area contributed by atoms with Crippen molar-refractivity contribution in [3.63, 3.8) is 0 Å². The maximum Gasteiger partial charge on any atom is 0.231 e. The number of nitrogens with zero attached hydrogens (tertiary/aromatic N) is 5. The Bertz CT molecular complexity index is 1620. The summed E-state index contributed by atoms with van der Waals surface area (Å²) in [4.78, 5) is 18.6. The van der Waals surface area contributed by atoms with E-state index in [4.69, 9.17) is 14.7 Å². The SMILES string of the molecule is c1ccc(OCCNc2nc(Nc3ccc4ncccc4c3)nc3c2ncn3-c2ccccc2)cc1. The molecule has 0 amide bonds. The summed E-state index contributed by atoms with van der Waals surface area (Å²) in [5, 5.41) is 7.76. The van der Waals surface area contributed by atoms with Crippen LogP contribution in [0.2, 0.25) is 0 Å². The van der Waals surface area contributed by atoms with Crippen LogP contribution in [-0.2, 0) is 0 Å². The summed E-state index contributed by atoms with van der Waals surface area (Å²) in [6.07, 6.45) is 3.56. The molecule has 6 aromatic rings. The van der Waals surface area contributed by atoms with E-state index < -0.39 is 0 Å². The molecule has 0 fully saturated rings. The van der Waals surface area contributed by atoms with Gasteiger partial charge in [-0.2, -0.15) is 9.97 Å². The Balaban J connectivity index is 1.32. The number of benzene rings is 3. The number of nitrogens with one attached hydrogen (secondary N) is 2. The van der Waals surface area contributed by atoms with Gasteiger partial charge >= 0.3 is 0 Å². The van der Waals surface area contributed by atoms with Gasteiger partial charge < -0.3 is 15.4 Å². The van der Waals surface area contributed by atoms with Gasteiger partial charge in [0.1, 0.15) is 18.7 Å². The Morgan fingerprint density at radius 3 is 2.50 bits per heavy atom. The van der Waals surface area contributed by atoms with E-state index in [2.05, 4.69) is 20.6 Å². The first kappa shape index (κ1) is 21.5. The topological polar surface area (TPSA) is 89.8 Å².